The van der Waals surface area contributed by atoms with E-state index in [9.17, 15) is 5.11 Å². The topological polar surface area (TPSA) is 40.5 Å². The molecule has 2 N–H and O–H groups in total. The van der Waals surface area contributed by atoms with Gasteiger partial charge in [0.25, 0.3) is 0 Å². The second-order valence-corrected chi connectivity index (χ2v) is 4.95. The van der Waals surface area contributed by atoms with Crippen molar-refractivity contribution in [2.24, 2.45) is 0 Å². The van der Waals surface area contributed by atoms with Gasteiger partial charge in [-0.2, -0.15) is 0 Å². The summed E-state index contributed by atoms with van der Waals surface area (Å²) in [6.45, 7) is 1.92. The van der Waals surface area contributed by atoms with Gasteiger partial charge in [0.05, 0.1) is 12.7 Å². The van der Waals surface area contributed by atoms with Gasteiger partial charge in [-0.05, 0) is 24.6 Å². The molecule has 0 heterocycles. The van der Waals surface area contributed by atoms with Gasteiger partial charge in [-0.3, -0.25) is 0 Å². The molecule has 0 amide bonds. The van der Waals surface area contributed by atoms with Gasteiger partial charge in [-0.15, -0.1) is 11.8 Å². The first kappa shape index (κ1) is 12.0. The molecule has 2 nitrogen and oxygen atoms in total. The van der Waals surface area contributed by atoms with E-state index in [0.717, 1.165) is 14.9 Å². The molecule has 0 aliphatic carbocycles. The first-order valence-electron chi connectivity index (χ1n) is 4.36. The lowest BCUT2D eigenvalue weighted by Crippen LogP contribution is -1.93. The number of hydrogen-bond acceptors (Lipinski definition) is 3. The third-order valence-corrected chi connectivity index (χ3v) is 3.44. The van der Waals surface area contributed by atoms with E-state index >= 15 is 0 Å². The Kier molecular flexibility index (Phi) is 4.95. The number of thioether (sulfide) groups is 1. The average Bonchev–Trinajstić information content (AvgIpc) is 2.14. The molecule has 0 bridgehead atoms. The van der Waals surface area contributed by atoms with Crippen LogP contribution in [0.15, 0.2) is 27.6 Å². The monoisotopic (exact) mass is 276 g/mol. The second-order valence-electron chi connectivity index (χ2n) is 2.93. The third-order valence-electron chi connectivity index (χ3n) is 1.78. The van der Waals surface area contributed by atoms with Gasteiger partial charge in [-0.25, -0.2) is 0 Å². The fourth-order valence-corrected chi connectivity index (χ4v) is 2.65. The van der Waals surface area contributed by atoms with Crippen molar-refractivity contribution in [3.63, 3.8) is 0 Å². The fraction of sp³-hybridized carbons (Fsp3) is 0.400. The molecule has 1 aromatic carbocycles. The number of aliphatic hydroxyl groups is 2. The van der Waals surface area contributed by atoms with Crippen LogP contribution in [0.2, 0.25) is 0 Å². The molecule has 0 spiro atoms. The lowest BCUT2D eigenvalue weighted by molar-refractivity contribution is 0.198. The van der Waals surface area contributed by atoms with Crippen LogP contribution in [-0.2, 0) is 0 Å². The van der Waals surface area contributed by atoms with Crippen LogP contribution in [-0.4, -0.2) is 22.6 Å². The first-order chi connectivity index (χ1) is 6.65. The molecule has 0 saturated heterocycles. The highest BCUT2D eigenvalue weighted by Gasteiger charge is 2.06. The Bertz CT molecular complexity index is 302. The van der Waals surface area contributed by atoms with Gasteiger partial charge in [0.1, 0.15) is 0 Å². The average molecular weight is 277 g/mol. The smallest absolute Gasteiger partial charge is 0.0772 e. The van der Waals surface area contributed by atoms with Crippen LogP contribution in [0.5, 0.6) is 0 Å². The van der Waals surface area contributed by atoms with E-state index in [1.165, 1.54) is 0 Å². The highest BCUT2D eigenvalue weighted by atomic mass is 79.9. The van der Waals surface area contributed by atoms with Crippen molar-refractivity contribution in [1.82, 2.24) is 0 Å². The summed E-state index contributed by atoms with van der Waals surface area (Å²) < 4.78 is 0.912. The predicted molar refractivity (Wildman–Crippen MR) is 62.6 cm³/mol. The zero-order valence-electron chi connectivity index (χ0n) is 7.90. The highest BCUT2D eigenvalue weighted by molar-refractivity contribution is 9.10. The largest absolute Gasteiger partial charge is 0.396 e. The van der Waals surface area contributed by atoms with Crippen molar-refractivity contribution >= 4 is 27.7 Å². The van der Waals surface area contributed by atoms with Gasteiger partial charge in [-0.1, -0.05) is 22.0 Å². The van der Waals surface area contributed by atoms with Gasteiger partial charge in [0.15, 0.2) is 0 Å². The van der Waals surface area contributed by atoms with E-state index in [1.807, 2.05) is 18.2 Å². The lowest BCUT2D eigenvalue weighted by Gasteiger charge is -2.08. The molecule has 78 valence electrons. The standard InChI is InChI=1S/C10H13BrO2S/c1-7(13)9-3-2-8(6-10(9)11)14-5-4-12/h2-3,6-7,12-13H,4-5H2,1H3. The molecule has 1 unspecified atom stereocenters. The number of aliphatic hydroxyl groups excluding tert-OH is 2. The lowest BCUT2D eigenvalue weighted by atomic mass is 10.1. The van der Waals surface area contributed by atoms with Crippen LogP contribution in [0.1, 0.15) is 18.6 Å². The van der Waals surface area contributed by atoms with E-state index in [4.69, 9.17) is 5.11 Å². The van der Waals surface area contributed by atoms with Crippen LogP contribution < -0.4 is 0 Å². The fourth-order valence-electron chi connectivity index (χ4n) is 1.10. The molecule has 0 aliphatic rings. The summed E-state index contributed by atoms with van der Waals surface area (Å²) in [4.78, 5) is 1.09. The van der Waals surface area contributed by atoms with Crippen molar-refractivity contribution in [2.75, 3.05) is 12.4 Å². The molecule has 4 heteroatoms. The summed E-state index contributed by atoms with van der Waals surface area (Å²) in [5, 5.41) is 18.1. The van der Waals surface area contributed by atoms with Crippen LogP contribution in [0.25, 0.3) is 0 Å². The molecule has 0 aromatic heterocycles. The zero-order valence-corrected chi connectivity index (χ0v) is 10.3. The van der Waals surface area contributed by atoms with Crippen LogP contribution in [0.4, 0.5) is 0 Å². The van der Waals surface area contributed by atoms with Crippen molar-refractivity contribution in [3.05, 3.63) is 28.2 Å². The number of halogens is 1. The van der Waals surface area contributed by atoms with E-state index in [-0.39, 0.29) is 6.61 Å². The molecule has 0 radical (unpaired) electrons. The van der Waals surface area contributed by atoms with E-state index in [0.29, 0.717) is 5.75 Å². The van der Waals surface area contributed by atoms with Crippen molar-refractivity contribution in [3.8, 4) is 0 Å². The van der Waals surface area contributed by atoms with Crippen LogP contribution in [0, 0.1) is 0 Å². The summed E-state index contributed by atoms with van der Waals surface area (Å²) in [7, 11) is 0. The van der Waals surface area contributed by atoms with Crippen molar-refractivity contribution in [2.45, 2.75) is 17.9 Å². The Morgan fingerprint density at radius 1 is 1.50 bits per heavy atom. The summed E-state index contributed by atoms with van der Waals surface area (Å²) in [5.41, 5.74) is 0.887. The summed E-state index contributed by atoms with van der Waals surface area (Å²) in [6.07, 6.45) is -0.457. The minimum atomic E-state index is -0.457. The van der Waals surface area contributed by atoms with Gasteiger partial charge >= 0.3 is 0 Å². The molecular formula is C10H13BrO2S. The maximum absolute atomic E-state index is 9.39. The minimum absolute atomic E-state index is 0.181. The third kappa shape index (κ3) is 3.28. The maximum atomic E-state index is 9.39. The maximum Gasteiger partial charge on any atom is 0.0772 e. The molecule has 1 aromatic rings. The van der Waals surface area contributed by atoms with Crippen molar-refractivity contribution in [1.29, 1.82) is 0 Å². The van der Waals surface area contributed by atoms with Crippen LogP contribution in [0.3, 0.4) is 0 Å². The molecule has 1 atom stereocenters. The van der Waals surface area contributed by atoms with Crippen molar-refractivity contribution < 1.29 is 10.2 Å². The van der Waals surface area contributed by atoms with Gasteiger partial charge < -0.3 is 10.2 Å². The predicted octanol–water partition coefficient (Wildman–Crippen LogP) is 2.59. The number of benzene rings is 1. The van der Waals surface area contributed by atoms with E-state index in [1.54, 1.807) is 18.7 Å². The first-order valence-corrected chi connectivity index (χ1v) is 6.14. The van der Waals surface area contributed by atoms with E-state index < -0.39 is 6.10 Å². The molecule has 14 heavy (non-hydrogen) atoms. The minimum Gasteiger partial charge on any atom is -0.396 e. The Morgan fingerprint density at radius 2 is 2.21 bits per heavy atom. The Balaban J connectivity index is 2.78. The van der Waals surface area contributed by atoms with Gasteiger partial charge in [0, 0.05) is 15.1 Å². The SMILES string of the molecule is CC(O)c1ccc(SCCO)cc1Br. The Morgan fingerprint density at radius 3 is 2.71 bits per heavy atom. The second kappa shape index (κ2) is 5.75. The molecule has 0 aliphatic heterocycles. The Labute approximate surface area is 96.5 Å². The molecule has 0 fully saturated rings. The summed E-state index contributed by atoms with van der Waals surface area (Å²) in [5.74, 6) is 0.695. The van der Waals surface area contributed by atoms with E-state index in [2.05, 4.69) is 15.9 Å². The quantitative estimate of drug-likeness (QED) is 0.831. The zero-order chi connectivity index (χ0) is 10.6. The normalized spacial score (nSPS) is 12.9. The number of hydrogen-bond donors (Lipinski definition) is 2. The Hall–Kier alpha value is -0.0300. The van der Waals surface area contributed by atoms with Crippen LogP contribution >= 0.6 is 27.7 Å². The van der Waals surface area contributed by atoms with Gasteiger partial charge in [0.2, 0.25) is 0 Å². The highest BCUT2D eigenvalue weighted by Crippen LogP contribution is 2.28. The molecule has 0 saturated carbocycles. The number of rotatable bonds is 4. The summed E-state index contributed by atoms with van der Waals surface area (Å²) >= 11 is 5.00. The summed E-state index contributed by atoms with van der Waals surface area (Å²) in [6, 6.07) is 5.81. The molecular weight excluding hydrogens is 264 g/mol. The molecule has 1 rings (SSSR count).